The van der Waals surface area contributed by atoms with Crippen LogP contribution in [0.5, 0.6) is 0 Å². The molecule has 1 N–H and O–H groups in total. The monoisotopic (exact) mass is 272 g/mol. The van der Waals surface area contributed by atoms with Gasteiger partial charge in [-0.25, -0.2) is 4.79 Å². The summed E-state index contributed by atoms with van der Waals surface area (Å²) < 4.78 is 4.84. The molecule has 0 fully saturated rings. The highest BCUT2D eigenvalue weighted by Crippen LogP contribution is 2.24. The van der Waals surface area contributed by atoms with Gasteiger partial charge in [-0.2, -0.15) is 0 Å². The van der Waals surface area contributed by atoms with Crippen LogP contribution in [-0.4, -0.2) is 35.6 Å². The molecular formula is C13H24N2O2S. The lowest BCUT2D eigenvalue weighted by atomic mass is 10.0. The number of carbonyl (C=O) groups is 1. The molecule has 0 aromatic carbocycles. The summed E-state index contributed by atoms with van der Waals surface area (Å²) in [5.41, 5.74) is 0. The fraction of sp³-hybridized carbons (Fsp3) is 0.846. The molecule has 1 heterocycles. The average molecular weight is 272 g/mol. The number of rotatable bonds is 4. The Morgan fingerprint density at radius 3 is 2.72 bits per heavy atom. The first-order chi connectivity index (χ1) is 8.42. The molecule has 0 radical (unpaired) electrons. The number of methoxy groups -OCH3 is 1. The van der Waals surface area contributed by atoms with Crippen LogP contribution in [0.1, 0.15) is 40.5 Å². The van der Waals surface area contributed by atoms with E-state index in [9.17, 15) is 4.79 Å². The van der Waals surface area contributed by atoms with Gasteiger partial charge in [0.05, 0.1) is 13.2 Å². The van der Waals surface area contributed by atoms with Gasteiger partial charge in [0.25, 0.3) is 0 Å². The lowest BCUT2D eigenvalue weighted by Crippen LogP contribution is -2.43. The predicted octanol–water partition coefficient (Wildman–Crippen LogP) is 2.43. The van der Waals surface area contributed by atoms with Crippen molar-refractivity contribution in [2.45, 2.75) is 57.9 Å². The SMILES string of the molecule is COC(=O)C(CC(C)C)NC1=NC(C)CC(C)S1. The number of amidine groups is 1. The fourth-order valence-electron chi connectivity index (χ4n) is 2.05. The third-order valence-electron chi connectivity index (χ3n) is 2.81. The summed E-state index contributed by atoms with van der Waals surface area (Å²) in [6, 6.07) is 0.0276. The quantitative estimate of drug-likeness (QED) is 0.799. The van der Waals surface area contributed by atoms with E-state index in [1.165, 1.54) is 7.11 Å². The number of ether oxygens (including phenoxy) is 1. The Hall–Kier alpha value is -0.710. The van der Waals surface area contributed by atoms with E-state index in [1.807, 2.05) is 0 Å². The number of nitrogens with one attached hydrogen (secondary N) is 1. The van der Waals surface area contributed by atoms with E-state index in [0.717, 1.165) is 18.0 Å². The zero-order valence-electron chi connectivity index (χ0n) is 11.9. The van der Waals surface area contributed by atoms with E-state index in [-0.39, 0.29) is 12.0 Å². The van der Waals surface area contributed by atoms with Gasteiger partial charge in [0.15, 0.2) is 5.17 Å². The van der Waals surface area contributed by atoms with Gasteiger partial charge >= 0.3 is 5.97 Å². The average Bonchev–Trinajstić information content (AvgIpc) is 2.25. The summed E-state index contributed by atoms with van der Waals surface area (Å²) in [4.78, 5) is 16.3. The van der Waals surface area contributed by atoms with Crippen LogP contribution in [0.15, 0.2) is 4.99 Å². The van der Waals surface area contributed by atoms with Crippen LogP contribution in [0.3, 0.4) is 0 Å². The highest BCUT2D eigenvalue weighted by atomic mass is 32.2. The molecule has 18 heavy (non-hydrogen) atoms. The van der Waals surface area contributed by atoms with Crippen LogP contribution in [0.4, 0.5) is 0 Å². The second-order valence-electron chi connectivity index (χ2n) is 5.30. The van der Waals surface area contributed by atoms with Crippen molar-refractivity contribution in [3.63, 3.8) is 0 Å². The van der Waals surface area contributed by atoms with Gasteiger partial charge in [0.1, 0.15) is 6.04 Å². The van der Waals surface area contributed by atoms with Gasteiger partial charge in [-0.3, -0.25) is 4.99 Å². The van der Waals surface area contributed by atoms with Crippen molar-refractivity contribution in [1.29, 1.82) is 0 Å². The van der Waals surface area contributed by atoms with Crippen molar-refractivity contribution in [1.82, 2.24) is 5.32 Å². The van der Waals surface area contributed by atoms with Crippen molar-refractivity contribution >= 4 is 22.9 Å². The number of hydrogen-bond acceptors (Lipinski definition) is 5. The van der Waals surface area contributed by atoms with Crippen LogP contribution >= 0.6 is 11.8 Å². The molecule has 104 valence electrons. The molecule has 5 heteroatoms. The maximum atomic E-state index is 11.7. The Bertz CT molecular complexity index is 318. The molecule has 1 rings (SSSR count). The summed E-state index contributed by atoms with van der Waals surface area (Å²) in [6.07, 6.45) is 1.85. The molecule has 0 aliphatic carbocycles. The lowest BCUT2D eigenvalue weighted by molar-refractivity contribution is -0.143. The van der Waals surface area contributed by atoms with Crippen LogP contribution in [0, 0.1) is 5.92 Å². The Kier molecular flexibility index (Phi) is 5.99. The summed E-state index contributed by atoms with van der Waals surface area (Å²) in [7, 11) is 1.43. The van der Waals surface area contributed by atoms with Crippen LogP contribution in [0.25, 0.3) is 0 Å². The Labute approximate surface area is 114 Å². The van der Waals surface area contributed by atoms with E-state index in [0.29, 0.717) is 17.2 Å². The first-order valence-corrected chi connectivity index (χ1v) is 7.39. The van der Waals surface area contributed by atoms with Gasteiger partial charge < -0.3 is 10.1 Å². The van der Waals surface area contributed by atoms with Gasteiger partial charge in [-0.05, 0) is 25.7 Å². The topological polar surface area (TPSA) is 50.7 Å². The molecule has 0 bridgehead atoms. The minimum atomic E-state index is -0.293. The van der Waals surface area contributed by atoms with Gasteiger partial charge in [-0.15, -0.1) is 0 Å². The predicted molar refractivity (Wildman–Crippen MR) is 77.0 cm³/mol. The fourth-order valence-corrected chi connectivity index (χ4v) is 3.26. The molecular weight excluding hydrogens is 248 g/mol. The Morgan fingerprint density at radius 1 is 1.56 bits per heavy atom. The maximum absolute atomic E-state index is 11.7. The maximum Gasteiger partial charge on any atom is 0.328 e. The molecule has 1 aliphatic rings. The largest absolute Gasteiger partial charge is 0.467 e. The minimum Gasteiger partial charge on any atom is -0.467 e. The number of thioether (sulfide) groups is 1. The number of esters is 1. The van der Waals surface area contributed by atoms with E-state index < -0.39 is 0 Å². The zero-order chi connectivity index (χ0) is 13.7. The van der Waals surface area contributed by atoms with E-state index >= 15 is 0 Å². The van der Waals surface area contributed by atoms with Crippen LogP contribution < -0.4 is 5.32 Å². The number of nitrogens with zero attached hydrogens (tertiary/aromatic N) is 1. The first kappa shape index (κ1) is 15.3. The second kappa shape index (κ2) is 7.02. The van der Waals surface area contributed by atoms with Crippen LogP contribution in [-0.2, 0) is 9.53 Å². The third-order valence-corrected chi connectivity index (χ3v) is 3.86. The van der Waals surface area contributed by atoms with Gasteiger partial charge in [0, 0.05) is 5.25 Å². The molecule has 0 aromatic heterocycles. The molecule has 4 nitrogen and oxygen atoms in total. The standard InChI is InChI=1S/C13H24N2O2S/c1-8(2)6-11(12(16)17-5)15-13-14-9(3)7-10(4)18-13/h8-11H,6-7H2,1-5H3,(H,14,15). The number of hydrogen-bond donors (Lipinski definition) is 1. The van der Waals surface area contributed by atoms with Crippen molar-refractivity contribution < 1.29 is 9.53 Å². The minimum absolute atomic E-state index is 0.210. The zero-order valence-corrected chi connectivity index (χ0v) is 12.7. The number of aliphatic imine (C=N–C) groups is 1. The Balaban J connectivity index is 2.67. The Morgan fingerprint density at radius 2 is 2.22 bits per heavy atom. The van der Waals surface area contributed by atoms with E-state index in [2.05, 4.69) is 38.0 Å². The normalized spacial score (nSPS) is 25.6. The molecule has 0 saturated heterocycles. The summed E-state index contributed by atoms with van der Waals surface area (Å²) >= 11 is 1.70. The van der Waals surface area contributed by atoms with E-state index in [4.69, 9.17) is 4.74 Å². The molecule has 1 aliphatic heterocycles. The van der Waals surface area contributed by atoms with Gasteiger partial charge in [-0.1, -0.05) is 32.5 Å². The molecule has 3 atom stereocenters. The lowest BCUT2D eigenvalue weighted by Gasteiger charge is -2.26. The van der Waals surface area contributed by atoms with E-state index in [1.54, 1.807) is 11.8 Å². The summed E-state index contributed by atoms with van der Waals surface area (Å²) in [6.45, 7) is 8.48. The number of carbonyl (C=O) groups excluding carboxylic acids is 1. The van der Waals surface area contributed by atoms with Crippen LogP contribution in [0.2, 0.25) is 0 Å². The molecule has 0 saturated carbocycles. The first-order valence-electron chi connectivity index (χ1n) is 6.51. The van der Waals surface area contributed by atoms with Crippen molar-refractivity contribution in [3.8, 4) is 0 Å². The molecule has 3 unspecified atom stereocenters. The van der Waals surface area contributed by atoms with Crippen molar-refractivity contribution in [3.05, 3.63) is 0 Å². The highest BCUT2D eigenvalue weighted by molar-refractivity contribution is 8.14. The highest BCUT2D eigenvalue weighted by Gasteiger charge is 2.25. The summed E-state index contributed by atoms with van der Waals surface area (Å²) in [5, 5.41) is 4.65. The molecule has 0 spiro atoms. The van der Waals surface area contributed by atoms with Crippen molar-refractivity contribution in [2.24, 2.45) is 10.9 Å². The summed E-state index contributed by atoms with van der Waals surface area (Å²) in [5.74, 6) is 0.225. The smallest absolute Gasteiger partial charge is 0.328 e. The van der Waals surface area contributed by atoms with Crippen molar-refractivity contribution in [2.75, 3.05) is 7.11 Å². The molecule has 0 aromatic rings. The second-order valence-corrected chi connectivity index (χ2v) is 6.72. The van der Waals surface area contributed by atoms with Gasteiger partial charge in [0.2, 0.25) is 0 Å². The third kappa shape index (κ3) is 4.88. The molecule has 0 amide bonds.